The third-order valence-corrected chi connectivity index (χ3v) is 12.5. The number of likely N-dealkylation sites (tertiary alicyclic amines) is 1. The van der Waals surface area contributed by atoms with Crippen molar-refractivity contribution in [1.29, 1.82) is 0 Å². The third-order valence-electron chi connectivity index (χ3n) is 12.5. The van der Waals surface area contributed by atoms with Crippen LogP contribution in [-0.2, 0) is 43.3 Å². The van der Waals surface area contributed by atoms with E-state index in [1.807, 2.05) is 26.1 Å². The Kier molecular flexibility index (Phi) is 12.7. The number of fused-ring (bicyclic) bond motifs is 6. The fourth-order valence-electron chi connectivity index (χ4n) is 9.41. The van der Waals surface area contributed by atoms with Crippen molar-refractivity contribution >= 4 is 35.1 Å². The highest BCUT2D eigenvalue weighted by atomic mass is 16.5. The van der Waals surface area contributed by atoms with Crippen LogP contribution < -0.4 is 10.7 Å². The predicted octanol–water partition coefficient (Wildman–Crippen LogP) is 5.67. The molecule has 13 nitrogen and oxygen atoms in total. The Morgan fingerprint density at radius 3 is 2.48 bits per heavy atom. The van der Waals surface area contributed by atoms with Crippen LogP contribution in [0.5, 0.6) is 5.75 Å². The minimum Gasteiger partial charge on any atom is -0.508 e. The highest BCUT2D eigenvalue weighted by Gasteiger charge is 2.37. The second-order valence-corrected chi connectivity index (χ2v) is 18.2. The van der Waals surface area contributed by atoms with Crippen molar-refractivity contribution in [2.24, 2.45) is 11.3 Å². The van der Waals surface area contributed by atoms with Gasteiger partial charge in [0.05, 0.1) is 12.3 Å². The van der Waals surface area contributed by atoms with Crippen LogP contribution in [0.3, 0.4) is 0 Å². The smallest absolute Gasteiger partial charge is 0.324 e. The van der Waals surface area contributed by atoms with E-state index < -0.39 is 41.3 Å². The van der Waals surface area contributed by atoms with E-state index in [4.69, 9.17) is 9.72 Å². The number of piperidine rings is 1. The van der Waals surface area contributed by atoms with Crippen molar-refractivity contribution in [2.75, 3.05) is 40.3 Å². The molecule has 4 aromatic rings. The zero-order valence-corrected chi connectivity index (χ0v) is 36.2. The molecule has 0 saturated carbocycles. The number of cyclic esters (lactones) is 1. The fraction of sp³-hybridized carbons (Fsp3) is 0.511. The minimum absolute atomic E-state index is 0.0260. The van der Waals surface area contributed by atoms with Gasteiger partial charge >= 0.3 is 5.97 Å². The van der Waals surface area contributed by atoms with E-state index in [1.165, 1.54) is 17.0 Å². The number of ether oxygens (including phenoxy) is 1. The van der Waals surface area contributed by atoms with Gasteiger partial charge in [-0.3, -0.25) is 29.2 Å². The largest absolute Gasteiger partial charge is 0.508 e. The number of hydrogen-bond acceptors (Lipinski definition) is 9. The van der Waals surface area contributed by atoms with Crippen LogP contribution in [0, 0.1) is 11.3 Å². The Bertz CT molecular complexity index is 2220. The second-order valence-electron chi connectivity index (χ2n) is 18.2. The quantitative estimate of drug-likeness (QED) is 0.151. The molecule has 3 N–H and O–H groups in total. The topological polar surface area (TPSA) is 149 Å². The van der Waals surface area contributed by atoms with Crippen LogP contribution in [0.4, 0.5) is 0 Å². The van der Waals surface area contributed by atoms with E-state index in [1.54, 1.807) is 12.1 Å². The molecule has 320 valence electrons. The number of carbonyl (C=O) groups excluding carboxylic acids is 4. The van der Waals surface area contributed by atoms with E-state index in [0.29, 0.717) is 43.7 Å². The molecule has 3 aliphatic heterocycles. The lowest BCUT2D eigenvalue weighted by atomic mass is 9.84. The number of rotatable bonds is 8. The van der Waals surface area contributed by atoms with Gasteiger partial charge in [0.25, 0.3) is 5.91 Å². The summed E-state index contributed by atoms with van der Waals surface area (Å²) in [5, 5.41) is 16.6. The first-order valence-electron chi connectivity index (χ1n) is 21.5. The fourth-order valence-corrected chi connectivity index (χ4v) is 9.41. The molecule has 2 aromatic heterocycles. The summed E-state index contributed by atoms with van der Waals surface area (Å²) in [4.78, 5) is 62.5. The molecule has 1 unspecified atom stereocenters. The summed E-state index contributed by atoms with van der Waals surface area (Å²) < 4.78 is 8.42. The predicted molar refractivity (Wildman–Crippen MR) is 232 cm³/mol. The van der Waals surface area contributed by atoms with Crippen molar-refractivity contribution < 1.29 is 29.0 Å². The Morgan fingerprint density at radius 2 is 1.80 bits per heavy atom. The summed E-state index contributed by atoms with van der Waals surface area (Å²) in [5.41, 5.74) is 10.3. The molecule has 7 rings (SSSR count). The average molecular weight is 820 g/mol. The first-order valence-corrected chi connectivity index (χ1v) is 21.5. The molecule has 2 aromatic carbocycles. The summed E-state index contributed by atoms with van der Waals surface area (Å²) in [6, 6.07) is 13.3. The standard InChI is InChI=1S/C47H61N7O6/c1-8-53-41-14-12-32-24-36(41)37(43(53)33-11-13-38(48-26-33)31-15-18-51(6)19-16-31)25-47(4,5)27-60-46(59)39-10-9-17-54(50-39)45(58)40(22-30-20-34(32)23-35(56)21-30)49-44(57)42(29(2)3)52(7)28-55/h11-14,20-21,23-24,26,28-29,31,39-40,42,50,56H,8-10,15-19,22,25,27H2,1-7H3,(H,49,57)/t39-,40-,42?/m0/s1. The highest BCUT2D eigenvalue weighted by molar-refractivity contribution is 5.95. The zero-order chi connectivity index (χ0) is 42.9. The van der Waals surface area contributed by atoms with Crippen LogP contribution in [0.15, 0.2) is 54.7 Å². The number of hydrazine groups is 1. The Morgan fingerprint density at radius 1 is 1.05 bits per heavy atom. The van der Waals surface area contributed by atoms with E-state index in [-0.39, 0.29) is 24.7 Å². The van der Waals surface area contributed by atoms with Gasteiger partial charge in [0.15, 0.2) is 0 Å². The number of hydrogen-bond donors (Lipinski definition) is 3. The number of benzene rings is 2. The van der Waals surface area contributed by atoms with Crippen molar-refractivity contribution in [3.63, 3.8) is 0 Å². The van der Waals surface area contributed by atoms with E-state index >= 15 is 0 Å². The number of nitrogens with zero attached hydrogens (tertiary/aromatic N) is 5. The number of phenolic OH excluding ortho intramolecular Hbond substituents is 1. The van der Waals surface area contributed by atoms with E-state index in [0.717, 1.165) is 77.0 Å². The van der Waals surface area contributed by atoms with Crippen molar-refractivity contribution in [1.82, 2.24) is 35.1 Å². The SMILES string of the molecule is CCn1c(-c2ccc(C3CCN(C)CC3)nc2)c2c3cc(ccc31)-c1cc(O)cc(c1)C[C@H](NC(=O)C(C(C)C)N(C)C=O)C(=O)N1CCC[C@H](N1)C(=O)OCC(C)(C)C2. The number of amides is 3. The highest BCUT2D eigenvalue weighted by Crippen LogP contribution is 2.41. The molecular weight excluding hydrogens is 759 g/mol. The molecule has 3 aliphatic rings. The number of phenols is 1. The maximum atomic E-state index is 14.4. The summed E-state index contributed by atoms with van der Waals surface area (Å²) in [7, 11) is 3.71. The van der Waals surface area contributed by atoms with Gasteiger partial charge in [0.2, 0.25) is 12.3 Å². The minimum atomic E-state index is -1.08. The Hall–Kier alpha value is -5.27. The van der Waals surface area contributed by atoms with Gasteiger partial charge in [-0.25, -0.2) is 5.43 Å². The molecule has 0 aliphatic carbocycles. The number of pyridine rings is 1. The van der Waals surface area contributed by atoms with Crippen molar-refractivity contribution in [3.8, 4) is 28.1 Å². The average Bonchev–Trinajstić information content (AvgIpc) is 3.53. The van der Waals surface area contributed by atoms with Gasteiger partial charge in [-0.2, -0.15) is 0 Å². The molecule has 5 heterocycles. The molecule has 60 heavy (non-hydrogen) atoms. The number of aromatic nitrogens is 2. The summed E-state index contributed by atoms with van der Waals surface area (Å²) >= 11 is 0. The molecule has 2 saturated heterocycles. The number of aromatic hydroxyl groups is 1. The lowest BCUT2D eigenvalue weighted by Gasteiger charge is -2.36. The molecule has 3 atom stereocenters. The number of carbonyl (C=O) groups is 4. The lowest BCUT2D eigenvalue weighted by molar-refractivity contribution is -0.155. The van der Waals surface area contributed by atoms with Gasteiger partial charge in [-0.15, -0.1) is 0 Å². The van der Waals surface area contributed by atoms with Crippen molar-refractivity contribution in [3.05, 3.63) is 71.5 Å². The zero-order valence-electron chi connectivity index (χ0n) is 36.2. The van der Waals surface area contributed by atoms with Crippen LogP contribution in [0.2, 0.25) is 0 Å². The first kappa shape index (κ1) is 42.8. The maximum Gasteiger partial charge on any atom is 0.324 e. The number of nitrogens with one attached hydrogen (secondary N) is 2. The monoisotopic (exact) mass is 819 g/mol. The van der Waals surface area contributed by atoms with E-state index in [2.05, 4.69) is 78.4 Å². The Balaban J connectivity index is 1.34. The maximum absolute atomic E-state index is 14.4. The van der Waals surface area contributed by atoms with Crippen LogP contribution >= 0.6 is 0 Å². The molecule has 3 amide bonds. The summed E-state index contributed by atoms with van der Waals surface area (Å²) in [5.74, 6) is -1.13. The molecule has 0 radical (unpaired) electrons. The first-order chi connectivity index (χ1) is 28.7. The normalized spacial score (nSPS) is 21.0. The lowest BCUT2D eigenvalue weighted by Crippen LogP contribution is -2.61. The second kappa shape index (κ2) is 17.8. The van der Waals surface area contributed by atoms with Crippen LogP contribution in [0.25, 0.3) is 33.3 Å². The van der Waals surface area contributed by atoms with Gasteiger partial charge in [0.1, 0.15) is 23.9 Å². The van der Waals surface area contributed by atoms with Crippen LogP contribution in [-0.4, -0.2) is 112 Å². The third kappa shape index (κ3) is 9.07. The Labute approximate surface area is 353 Å². The number of likely N-dealkylation sites (N-methyl/N-ethyl adjacent to an activating group) is 1. The van der Waals surface area contributed by atoms with Gasteiger partial charge < -0.3 is 29.5 Å². The van der Waals surface area contributed by atoms with Gasteiger partial charge in [0, 0.05) is 66.2 Å². The molecular formula is C47H61N7O6. The summed E-state index contributed by atoms with van der Waals surface area (Å²) in [6.07, 6.45) is 6.48. The van der Waals surface area contributed by atoms with Crippen LogP contribution in [0.1, 0.15) is 83.0 Å². The van der Waals surface area contributed by atoms with E-state index in [9.17, 15) is 24.3 Å². The van der Waals surface area contributed by atoms with Gasteiger partial charge in [-0.1, -0.05) is 39.8 Å². The molecule has 0 spiro atoms. The summed E-state index contributed by atoms with van der Waals surface area (Å²) in [6.45, 7) is 13.4. The molecule has 6 bridgehead atoms. The van der Waals surface area contributed by atoms with Crippen molar-refractivity contribution in [2.45, 2.75) is 104 Å². The van der Waals surface area contributed by atoms with Gasteiger partial charge in [-0.05, 0) is 124 Å². The molecule has 2 fully saturated rings. The number of aryl methyl sites for hydroxylation is 1. The molecule has 13 heteroatoms. The number of esters is 1.